The lowest BCUT2D eigenvalue weighted by atomic mass is 9.88. The van der Waals surface area contributed by atoms with E-state index in [0.717, 1.165) is 19.0 Å². The Morgan fingerprint density at radius 1 is 1.39 bits per heavy atom. The van der Waals surface area contributed by atoms with Crippen LogP contribution in [0.5, 0.6) is 0 Å². The Hall–Kier alpha value is -0.380. The third kappa shape index (κ3) is 3.14. The van der Waals surface area contributed by atoms with E-state index in [1.54, 1.807) is 4.88 Å². The molecule has 1 saturated heterocycles. The maximum absolute atomic E-state index is 3.54. The van der Waals surface area contributed by atoms with Gasteiger partial charge < -0.3 is 5.32 Å². The SMILES string of the molecule is CCNCC1CCCN(C)C1c1ccc(CC)s1. The van der Waals surface area contributed by atoms with Crippen LogP contribution in [0.2, 0.25) is 0 Å². The quantitative estimate of drug-likeness (QED) is 0.879. The molecule has 1 aromatic heterocycles. The summed E-state index contributed by atoms with van der Waals surface area (Å²) in [6, 6.07) is 5.30. The van der Waals surface area contributed by atoms with E-state index in [2.05, 4.69) is 43.2 Å². The highest BCUT2D eigenvalue weighted by molar-refractivity contribution is 7.12. The normalized spacial score (nSPS) is 25.5. The molecule has 1 aliphatic rings. The minimum atomic E-state index is 0.628. The fourth-order valence-electron chi connectivity index (χ4n) is 3.00. The van der Waals surface area contributed by atoms with Crippen LogP contribution in [0.4, 0.5) is 0 Å². The number of aryl methyl sites for hydroxylation is 1. The summed E-state index contributed by atoms with van der Waals surface area (Å²) in [5.74, 6) is 0.770. The first-order valence-electron chi connectivity index (χ1n) is 7.25. The Morgan fingerprint density at radius 3 is 2.89 bits per heavy atom. The first-order chi connectivity index (χ1) is 8.76. The van der Waals surface area contributed by atoms with E-state index in [4.69, 9.17) is 0 Å². The molecule has 0 aromatic carbocycles. The molecule has 102 valence electrons. The lowest BCUT2D eigenvalue weighted by Gasteiger charge is -2.39. The predicted molar refractivity (Wildman–Crippen MR) is 80.3 cm³/mol. The molecule has 3 heteroatoms. The van der Waals surface area contributed by atoms with Gasteiger partial charge in [-0.25, -0.2) is 0 Å². The Labute approximate surface area is 115 Å². The zero-order valence-corrected chi connectivity index (χ0v) is 12.7. The van der Waals surface area contributed by atoms with Gasteiger partial charge in [-0.05, 0) is 64.0 Å². The van der Waals surface area contributed by atoms with Crippen LogP contribution >= 0.6 is 11.3 Å². The number of nitrogens with zero attached hydrogens (tertiary/aromatic N) is 1. The van der Waals surface area contributed by atoms with Crippen molar-refractivity contribution in [3.05, 3.63) is 21.9 Å². The van der Waals surface area contributed by atoms with Crippen molar-refractivity contribution in [3.8, 4) is 0 Å². The summed E-state index contributed by atoms with van der Waals surface area (Å²) >= 11 is 2.01. The average Bonchev–Trinajstić information content (AvgIpc) is 2.84. The van der Waals surface area contributed by atoms with E-state index >= 15 is 0 Å². The Kier molecular flexibility index (Phi) is 5.22. The average molecular weight is 266 g/mol. The van der Waals surface area contributed by atoms with E-state index in [-0.39, 0.29) is 0 Å². The number of hydrogen-bond acceptors (Lipinski definition) is 3. The summed E-state index contributed by atoms with van der Waals surface area (Å²) in [5, 5.41) is 3.54. The number of rotatable bonds is 5. The number of thiophene rings is 1. The molecule has 0 aliphatic carbocycles. The molecule has 2 unspecified atom stereocenters. The van der Waals surface area contributed by atoms with E-state index < -0.39 is 0 Å². The van der Waals surface area contributed by atoms with Crippen molar-refractivity contribution in [2.75, 3.05) is 26.7 Å². The molecule has 0 spiro atoms. The number of piperidine rings is 1. The fraction of sp³-hybridized carbons (Fsp3) is 0.733. The van der Waals surface area contributed by atoms with Gasteiger partial charge in [0.1, 0.15) is 0 Å². The van der Waals surface area contributed by atoms with E-state index in [0.29, 0.717) is 6.04 Å². The number of likely N-dealkylation sites (tertiary alicyclic amines) is 1. The minimum Gasteiger partial charge on any atom is -0.317 e. The molecule has 1 N–H and O–H groups in total. The second-order valence-corrected chi connectivity index (χ2v) is 6.49. The van der Waals surface area contributed by atoms with Gasteiger partial charge in [-0.2, -0.15) is 0 Å². The van der Waals surface area contributed by atoms with Crippen LogP contribution in [0.25, 0.3) is 0 Å². The van der Waals surface area contributed by atoms with E-state index in [1.165, 1.54) is 30.7 Å². The summed E-state index contributed by atoms with van der Waals surface area (Å²) in [5.41, 5.74) is 0. The van der Waals surface area contributed by atoms with Crippen LogP contribution in [-0.4, -0.2) is 31.6 Å². The van der Waals surface area contributed by atoms with Gasteiger partial charge in [-0.3, -0.25) is 4.90 Å². The fourth-order valence-corrected chi connectivity index (χ4v) is 4.21. The number of nitrogens with one attached hydrogen (secondary N) is 1. The van der Waals surface area contributed by atoms with E-state index in [9.17, 15) is 0 Å². The molecule has 0 radical (unpaired) electrons. The molecule has 0 bridgehead atoms. The van der Waals surface area contributed by atoms with Crippen molar-refractivity contribution in [2.24, 2.45) is 5.92 Å². The van der Waals surface area contributed by atoms with Gasteiger partial charge in [-0.15, -0.1) is 11.3 Å². The highest BCUT2D eigenvalue weighted by atomic mass is 32.1. The molecule has 2 atom stereocenters. The first-order valence-corrected chi connectivity index (χ1v) is 8.07. The van der Waals surface area contributed by atoms with Crippen molar-refractivity contribution in [1.29, 1.82) is 0 Å². The van der Waals surface area contributed by atoms with Crippen LogP contribution in [0, 0.1) is 5.92 Å². The smallest absolute Gasteiger partial charge is 0.0478 e. The molecule has 1 aliphatic heterocycles. The third-order valence-electron chi connectivity index (χ3n) is 3.99. The lowest BCUT2D eigenvalue weighted by Crippen LogP contribution is -2.40. The first kappa shape index (κ1) is 14.0. The molecule has 2 nitrogen and oxygen atoms in total. The van der Waals surface area contributed by atoms with E-state index in [1.807, 2.05) is 11.3 Å². The van der Waals surface area contributed by atoms with Crippen LogP contribution in [0.15, 0.2) is 12.1 Å². The largest absolute Gasteiger partial charge is 0.317 e. The molecule has 0 saturated carbocycles. The monoisotopic (exact) mass is 266 g/mol. The Morgan fingerprint density at radius 2 is 2.22 bits per heavy atom. The summed E-state index contributed by atoms with van der Waals surface area (Å²) in [7, 11) is 2.29. The van der Waals surface area contributed by atoms with Gasteiger partial charge in [0, 0.05) is 15.8 Å². The Balaban J connectivity index is 2.13. The standard InChI is InChI=1S/C15H26N2S/c1-4-13-8-9-14(18-13)15-12(11-16-5-2)7-6-10-17(15)3/h8-9,12,15-16H,4-7,10-11H2,1-3H3. The van der Waals surface area contributed by atoms with Crippen LogP contribution in [0.3, 0.4) is 0 Å². The molecular formula is C15H26N2S. The Bertz CT molecular complexity index is 361. The second-order valence-electron chi connectivity index (χ2n) is 5.29. The second kappa shape index (κ2) is 6.69. The zero-order chi connectivity index (χ0) is 13.0. The molecule has 18 heavy (non-hydrogen) atoms. The molecule has 2 rings (SSSR count). The maximum atomic E-state index is 3.54. The van der Waals surface area contributed by atoms with Gasteiger partial charge in [-0.1, -0.05) is 13.8 Å². The van der Waals surface area contributed by atoms with Gasteiger partial charge in [0.2, 0.25) is 0 Å². The van der Waals surface area contributed by atoms with Crippen molar-refractivity contribution in [1.82, 2.24) is 10.2 Å². The summed E-state index contributed by atoms with van der Waals surface area (Å²) in [6.45, 7) is 7.92. The number of hydrogen-bond donors (Lipinski definition) is 1. The van der Waals surface area contributed by atoms with Gasteiger partial charge in [0.05, 0.1) is 0 Å². The summed E-state index contributed by atoms with van der Waals surface area (Å²) in [4.78, 5) is 5.64. The highest BCUT2D eigenvalue weighted by Gasteiger charge is 2.30. The van der Waals surface area contributed by atoms with Crippen LogP contribution in [-0.2, 0) is 6.42 Å². The van der Waals surface area contributed by atoms with Crippen molar-refractivity contribution in [3.63, 3.8) is 0 Å². The molecule has 1 fully saturated rings. The van der Waals surface area contributed by atoms with Crippen LogP contribution in [0.1, 0.15) is 42.5 Å². The van der Waals surface area contributed by atoms with Crippen molar-refractivity contribution < 1.29 is 0 Å². The van der Waals surface area contributed by atoms with Gasteiger partial charge in [0.15, 0.2) is 0 Å². The van der Waals surface area contributed by atoms with Crippen LogP contribution < -0.4 is 5.32 Å². The maximum Gasteiger partial charge on any atom is 0.0478 e. The third-order valence-corrected chi connectivity index (χ3v) is 5.29. The molecule has 1 aromatic rings. The van der Waals surface area contributed by atoms with Gasteiger partial charge >= 0.3 is 0 Å². The van der Waals surface area contributed by atoms with Gasteiger partial charge in [0.25, 0.3) is 0 Å². The van der Waals surface area contributed by atoms with Crippen molar-refractivity contribution >= 4 is 11.3 Å². The topological polar surface area (TPSA) is 15.3 Å². The molecular weight excluding hydrogens is 240 g/mol. The summed E-state index contributed by atoms with van der Waals surface area (Å²) < 4.78 is 0. The zero-order valence-electron chi connectivity index (χ0n) is 11.9. The molecule has 0 amide bonds. The van der Waals surface area contributed by atoms with Crippen molar-refractivity contribution in [2.45, 2.75) is 39.2 Å². The molecule has 2 heterocycles. The highest BCUT2D eigenvalue weighted by Crippen LogP contribution is 2.38. The minimum absolute atomic E-state index is 0.628. The summed E-state index contributed by atoms with van der Waals surface area (Å²) in [6.07, 6.45) is 3.87. The lowest BCUT2D eigenvalue weighted by molar-refractivity contribution is 0.122. The predicted octanol–water partition coefficient (Wildman–Crippen LogP) is 3.30.